The first-order valence-electron chi connectivity index (χ1n) is 6.52. The monoisotopic (exact) mass is 261 g/mol. The van der Waals surface area contributed by atoms with Crippen molar-refractivity contribution in [2.24, 2.45) is 0 Å². The number of amides is 1. The molecule has 4 nitrogen and oxygen atoms in total. The highest BCUT2D eigenvalue weighted by Gasteiger charge is 2.32. The lowest BCUT2D eigenvalue weighted by molar-refractivity contribution is 0.0707. The summed E-state index contributed by atoms with van der Waals surface area (Å²) in [6.07, 6.45) is 3.74. The molecule has 0 saturated heterocycles. The molecule has 0 bridgehead atoms. The summed E-state index contributed by atoms with van der Waals surface area (Å²) in [5.74, 6) is 0.698. The molecule has 1 aromatic rings. The molecule has 1 amide bonds. The number of ether oxygens (including phenoxy) is 1. The van der Waals surface area contributed by atoms with E-state index in [1.807, 2.05) is 0 Å². The van der Waals surface area contributed by atoms with Crippen molar-refractivity contribution in [2.75, 3.05) is 19.8 Å². The predicted molar refractivity (Wildman–Crippen MR) is 73.3 cm³/mol. The van der Waals surface area contributed by atoms with Gasteiger partial charge in [-0.1, -0.05) is 12.7 Å². The Morgan fingerprint density at radius 2 is 2.11 bits per heavy atom. The zero-order valence-corrected chi connectivity index (χ0v) is 10.9. The Labute approximate surface area is 113 Å². The summed E-state index contributed by atoms with van der Waals surface area (Å²) >= 11 is 0. The molecule has 0 spiro atoms. The van der Waals surface area contributed by atoms with Gasteiger partial charge in [0.05, 0.1) is 6.61 Å². The maximum absolute atomic E-state index is 12.3. The molecule has 102 valence electrons. The largest absolute Gasteiger partial charge is 0.490 e. The van der Waals surface area contributed by atoms with E-state index in [1.165, 1.54) is 0 Å². The van der Waals surface area contributed by atoms with Crippen molar-refractivity contribution in [2.45, 2.75) is 18.9 Å². The first-order valence-corrected chi connectivity index (χ1v) is 6.52. The van der Waals surface area contributed by atoms with Crippen LogP contribution in [-0.2, 0) is 0 Å². The average molecular weight is 261 g/mol. The molecule has 1 N–H and O–H groups in total. The summed E-state index contributed by atoms with van der Waals surface area (Å²) in [6, 6.07) is 7.37. The molecule has 1 saturated carbocycles. The van der Waals surface area contributed by atoms with Gasteiger partial charge in [0.15, 0.2) is 0 Å². The van der Waals surface area contributed by atoms with Gasteiger partial charge in [-0.15, -0.1) is 0 Å². The maximum Gasteiger partial charge on any atom is 0.254 e. The van der Waals surface area contributed by atoms with Crippen LogP contribution in [0.3, 0.4) is 0 Å². The Kier molecular flexibility index (Phi) is 4.58. The van der Waals surface area contributed by atoms with Crippen LogP contribution in [0.4, 0.5) is 0 Å². The van der Waals surface area contributed by atoms with Gasteiger partial charge in [-0.3, -0.25) is 4.79 Å². The molecular weight excluding hydrogens is 242 g/mol. The fourth-order valence-electron chi connectivity index (χ4n) is 1.96. The Hall–Kier alpha value is -1.81. The normalized spacial score (nSPS) is 13.9. The van der Waals surface area contributed by atoms with Gasteiger partial charge in [0, 0.05) is 18.2 Å². The summed E-state index contributed by atoms with van der Waals surface area (Å²) in [5.41, 5.74) is 0.631. The van der Waals surface area contributed by atoms with Gasteiger partial charge in [0.25, 0.3) is 5.91 Å². The van der Waals surface area contributed by atoms with E-state index in [9.17, 15) is 4.79 Å². The lowest BCUT2D eigenvalue weighted by Crippen LogP contribution is -2.35. The van der Waals surface area contributed by atoms with Gasteiger partial charge in [-0.05, 0) is 37.1 Å². The van der Waals surface area contributed by atoms with E-state index >= 15 is 0 Å². The molecule has 1 aliphatic rings. The number of carbonyl (C=O) groups is 1. The van der Waals surface area contributed by atoms with Crippen LogP contribution in [-0.4, -0.2) is 41.7 Å². The quantitative estimate of drug-likeness (QED) is 0.762. The van der Waals surface area contributed by atoms with E-state index < -0.39 is 0 Å². The Morgan fingerprint density at radius 3 is 2.63 bits per heavy atom. The summed E-state index contributed by atoms with van der Waals surface area (Å²) in [5, 5.41) is 9.03. The fourth-order valence-corrected chi connectivity index (χ4v) is 1.96. The van der Waals surface area contributed by atoms with Crippen LogP contribution in [0.1, 0.15) is 23.2 Å². The SMILES string of the molecule is C=CCOc1ccc(C(=O)N(CCO)C2CC2)cc1. The van der Waals surface area contributed by atoms with E-state index in [2.05, 4.69) is 6.58 Å². The molecule has 1 aliphatic carbocycles. The summed E-state index contributed by atoms with van der Waals surface area (Å²) in [7, 11) is 0. The van der Waals surface area contributed by atoms with Gasteiger partial charge < -0.3 is 14.7 Å². The highest BCUT2D eigenvalue weighted by atomic mass is 16.5. The first-order chi connectivity index (χ1) is 9.26. The topological polar surface area (TPSA) is 49.8 Å². The molecular formula is C15H19NO3. The second kappa shape index (κ2) is 6.38. The molecule has 0 aliphatic heterocycles. The van der Waals surface area contributed by atoms with Crippen molar-refractivity contribution < 1.29 is 14.6 Å². The van der Waals surface area contributed by atoms with Crippen molar-refractivity contribution in [3.05, 3.63) is 42.5 Å². The van der Waals surface area contributed by atoms with Crippen molar-refractivity contribution >= 4 is 5.91 Å². The highest BCUT2D eigenvalue weighted by Crippen LogP contribution is 2.28. The minimum atomic E-state index is -0.0215. The molecule has 19 heavy (non-hydrogen) atoms. The van der Waals surface area contributed by atoms with E-state index in [0.29, 0.717) is 24.8 Å². The molecule has 1 aromatic carbocycles. The lowest BCUT2D eigenvalue weighted by Gasteiger charge is -2.21. The third-order valence-corrected chi connectivity index (χ3v) is 3.06. The van der Waals surface area contributed by atoms with Crippen molar-refractivity contribution in [3.63, 3.8) is 0 Å². The predicted octanol–water partition coefficient (Wildman–Crippen LogP) is 1.85. The molecule has 0 aromatic heterocycles. The van der Waals surface area contributed by atoms with Crippen LogP contribution in [0.5, 0.6) is 5.75 Å². The standard InChI is InChI=1S/C15H19NO3/c1-2-11-19-14-7-3-12(4-8-14)15(18)16(9-10-17)13-5-6-13/h2-4,7-8,13,17H,1,5-6,9-11H2. The number of rotatable bonds is 7. The first kappa shape index (κ1) is 13.6. The number of benzene rings is 1. The second-order valence-electron chi connectivity index (χ2n) is 4.58. The summed E-state index contributed by atoms with van der Waals surface area (Å²) < 4.78 is 5.37. The van der Waals surface area contributed by atoms with E-state index in [4.69, 9.17) is 9.84 Å². The second-order valence-corrected chi connectivity index (χ2v) is 4.58. The van der Waals surface area contributed by atoms with Crippen molar-refractivity contribution in [3.8, 4) is 5.75 Å². The zero-order chi connectivity index (χ0) is 13.7. The average Bonchev–Trinajstić information content (AvgIpc) is 3.27. The number of aliphatic hydroxyl groups excluding tert-OH is 1. The third kappa shape index (κ3) is 3.58. The van der Waals surface area contributed by atoms with Crippen LogP contribution in [0.15, 0.2) is 36.9 Å². The molecule has 0 heterocycles. The fraction of sp³-hybridized carbons (Fsp3) is 0.400. The Morgan fingerprint density at radius 1 is 1.42 bits per heavy atom. The number of carbonyl (C=O) groups excluding carboxylic acids is 1. The molecule has 1 fully saturated rings. The Balaban J connectivity index is 2.03. The van der Waals surface area contributed by atoms with E-state index in [-0.39, 0.29) is 12.5 Å². The van der Waals surface area contributed by atoms with Crippen LogP contribution in [0, 0.1) is 0 Å². The van der Waals surface area contributed by atoms with Gasteiger partial charge >= 0.3 is 0 Å². The number of aliphatic hydroxyl groups is 1. The molecule has 0 atom stereocenters. The minimum Gasteiger partial charge on any atom is -0.490 e. The van der Waals surface area contributed by atoms with E-state index in [0.717, 1.165) is 18.6 Å². The van der Waals surface area contributed by atoms with E-state index in [1.54, 1.807) is 35.2 Å². The Bertz CT molecular complexity index is 437. The maximum atomic E-state index is 12.3. The number of hydrogen-bond acceptors (Lipinski definition) is 3. The molecule has 2 rings (SSSR count). The number of hydrogen-bond donors (Lipinski definition) is 1. The van der Waals surface area contributed by atoms with Gasteiger partial charge in [-0.2, -0.15) is 0 Å². The molecule has 0 radical (unpaired) electrons. The highest BCUT2D eigenvalue weighted by molar-refractivity contribution is 5.94. The van der Waals surface area contributed by atoms with Crippen molar-refractivity contribution in [1.29, 1.82) is 0 Å². The molecule has 4 heteroatoms. The van der Waals surface area contributed by atoms with Crippen LogP contribution in [0.25, 0.3) is 0 Å². The van der Waals surface area contributed by atoms with Gasteiger partial charge in [-0.25, -0.2) is 0 Å². The van der Waals surface area contributed by atoms with Crippen molar-refractivity contribution in [1.82, 2.24) is 4.90 Å². The third-order valence-electron chi connectivity index (χ3n) is 3.06. The number of nitrogens with zero attached hydrogens (tertiary/aromatic N) is 1. The zero-order valence-electron chi connectivity index (χ0n) is 10.9. The van der Waals surface area contributed by atoms with Crippen LogP contribution in [0.2, 0.25) is 0 Å². The summed E-state index contributed by atoms with van der Waals surface area (Å²) in [6.45, 7) is 4.44. The van der Waals surface area contributed by atoms with Gasteiger partial charge in [0.1, 0.15) is 12.4 Å². The molecule has 0 unspecified atom stereocenters. The lowest BCUT2D eigenvalue weighted by atomic mass is 10.2. The summed E-state index contributed by atoms with van der Waals surface area (Å²) in [4.78, 5) is 14.0. The smallest absolute Gasteiger partial charge is 0.254 e. The van der Waals surface area contributed by atoms with Gasteiger partial charge in [0.2, 0.25) is 0 Å². The minimum absolute atomic E-state index is 0.00275. The van der Waals surface area contributed by atoms with Crippen LogP contribution < -0.4 is 4.74 Å². The van der Waals surface area contributed by atoms with Crippen LogP contribution >= 0.6 is 0 Å².